The Hall–Kier alpha value is -2.61. The van der Waals surface area contributed by atoms with Crippen molar-refractivity contribution in [3.05, 3.63) is 29.8 Å². The highest BCUT2D eigenvalue weighted by molar-refractivity contribution is 5.91. The van der Waals surface area contributed by atoms with Crippen LogP contribution in [0.3, 0.4) is 0 Å². The summed E-state index contributed by atoms with van der Waals surface area (Å²) in [5, 5.41) is 3.01. The number of benzene rings is 1. The van der Waals surface area contributed by atoms with Gasteiger partial charge in [-0.05, 0) is 17.7 Å². The molecule has 0 spiro atoms. The molecule has 2 rings (SSSR count). The lowest BCUT2D eigenvalue weighted by atomic mass is 9.84. The molecule has 0 amide bonds. The molecule has 136 valence electrons. The minimum atomic E-state index is -1.06. The van der Waals surface area contributed by atoms with Crippen molar-refractivity contribution in [2.75, 3.05) is 28.4 Å². The van der Waals surface area contributed by atoms with Crippen molar-refractivity contribution >= 4 is 17.9 Å². The average molecular weight is 351 g/mol. The Kier molecular flexibility index (Phi) is 5.97. The monoisotopic (exact) mass is 351 g/mol. The predicted octanol–water partition coefficient (Wildman–Crippen LogP) is 0.459. The number of rotatable bonds is 5. The number of carbonyl (C=O) groups excluding carboxylic acids is 3. The van der Waals surface area contributed by atoms with Crippen LogP contribution in [0.1, 0.15) is 11.6 Å². The van der Waals surface area contributed by atoms with Crippen molar-refractivity contribution < 1.29 is 33.3 Å². The SMILES string of the molecule is COC(=O)[C@H]1[C@@H](C(=O)OC)NC(c2ccc(OC)cc2)[C@H]1C(=O)OC. The van der Waals surface area contributed by atoms with Crippen LogP contribution in [-0.2, 0) is 28.6 Å². The van der Waals surface area contributed by atoms with Gasteiger partial charge in [-0.2, -0.15) is 0 Å². The molecular formula is C17H21NO7. The first-order chi connectivity index (χ1) is 12.0. The Bertz CT molecular complexity index is 643. The molecule has 1 N–H and O–H groups in total. The van der Waals surface area contributed by atoms with Gasteiger partial charge < -0.3 is 18.9 Å². The summed E-state index contributed by atoms with van der Waals surface area (Å²) in [4.78, 5) is 36.7. The van der Waals surface area contributed by atoms with E-state index in [-0.39, 0.29) is 0 Å². The van der Waals surface area contributed by atoms with E-state index in [1.165, 1.54) is 21.3 Å². The minimum Gasteiger partial charge on any atom is -0.497 e. The van der Waals surface area contributed by atoms with Crippen molar-refractivity contribution in [1.29, 1.82) is 0 Å². The largest absolute Gasteiger partial charge is 0.497 e. The summed E-state index contributed by atoms with van der Waals surface area (Å²) in [6.07, 6.45) is 0. The molecule has 1 aromatic rings. The number of carbonyl (C=O) groups is 3. The molecule has 25 heavy (non-hydrogen) atoms. The molecule has 0 radical (unpaired) electrons. The molecule has 0 aliphatic carbocycles. The quantitative estimate of drug-likeness (QED) is 0.603. The van der Waals surface area contributed by atoms with Crippen LogP contribution in [0.25, 0.3) is 0 Å². The third-order valence-electron chi connectivity index (χ3n) is 4.34. The molecule has 1 heterocycles. The molecule has 1 aromatic carbocycles. The lowest BCUT2D eigenvalue weighted by Gasteiger charge is -2.21. The highest BCUT2D eigenvalue weighted by atomic mass is 16.5. The predicted molar refractivity (Wildman–Crippen MR) is 85.7 cm³/mol. The van der Waals surface area contributed by atoms with Gasteiger partial charge in [-0.25, -0.2) is 0 Å². The van der Waals surface area contributed by atoms with Crippen molar-refractivity contribution in [3.63, 3.8) is 0 Å². The van der Waals surface area contributed by atoms with E-state index >= 15 is 0 Å². The van der Waals surface area contributed by atoms with E-state index in [2.05, 4.69) is 5.32 Å². The first-order valence-corrected chi connectivity index (χ1v) is 7.62. The minimum absolute atomic E-state index is 0.616. The zero-order valence-electron chi connectivity index (χ0n) is 14.5. The average Bonchev–Trinajstić information content (AvgIpc) is 3.06. The lowest BCUT2D eigenvalue weighted by molar-refractivity contribution is -0.159. The Balaban J connectivity index is 2.47. The number of hydrogen-bond acceptors (Lipinski definition) is 8. The Morgan fingerprint density at radius 3 is 1.80 bits per heavy atom. The van der Waals surface area contributed by atoms with Crippen LogP contribution in [0, 0.1) is 11.8 Å². The van der Waals surface area contributed by atoms with Gasteiger partial charge in [0.05, 0.1) is 40.3 Å². The molecular weight excluding hydrogens is 330 g/mol. The molecule has 0 saturated carbocycles. The van der Waals surface area contributed by atoms with Gasteiger partial charge >= 0.3 is 17.9 Å². The van der Waals surface area contributed by atoms with Crippen LogP contribution >= 0.6 is 0 Å². The zero-order valence-corrected chi connectivity index (χ0v) is 14.5. The fraction of sp³-hybridized carbons (Fsp3) is 0.471. The highest BCUT2D eigenvalue weighted by Gasteiger charge is 2.55. The topological polar surface area (TPSA) is 100 Å². The smallest absolute Gasteiger partial charge is 0.323 e. The van der Waals surface area contributed by atoms with Gasteiger partial charge in [-0.15, -0.1) is 0 Å². The molecule has 1 unspecified atom stereocenters. The van der Waals surface area contributed by atoms with Gasteiger partial charge in [0.15, 0.2) is 0 Å². The zero-order chi connectivity index (χ0) is 18.6. The Labute approximate surface area is 145 Å². The van der Waals surface area contributed by atoms with Crippen LogP contribution in [0.4, 0.5) is 0 Å². The second kappa shape index (κ2) is 7.98. The van der Waals surface area contributed by atoms with E-state index in [9.17, 15) is 14.4 Å². The molecule has 0 bridgehead atoms. The summed E-state index contributed by atoms with van der Waals surface area (Å²) < 4.78 is 19.5. The van der Waals surface area contributed by atoms with Crippen LogP contribution < -0.4 is 10.1 Å². The molecule has 8 heteroatoms. The number of esters is 3. The highest BCUT2D eigenvalue weighted by Crippen LogP contribution is 2.39. The fourth-order valence-corrected chi connectivity index (χ4v) is 3.11. The summed E-state index contributed by atoms with van der Waals surface area (Å²) in [5.74, 6) is -3.30. The van der Waals surface area contributed by atoms with Crippen LogP contribution in [0.5, 0.6) is 5.75 Å². The second-order valence-electron chi connectivity index (χ2n) is 5.52. The molecule has 1 saturated heterocycles. The summed E-state index contributed by atoms with van der Waals surface area (Å²) in [7, 11) is 5.19. The summed E-state index contributed by atoms with van der Waals surface area (Å²) in [6.45, 7) is 0. The number of nitrogens with one attached hydrogen (secondary N) is 1. The first kappa shape index (κ1) is 18.7. The third-order valence-corrected chi connectivity index (χ3v) is 4.34. The van der Waals surface area contributed by atoms with E-state index in [1.807, 2.05) is 0 Å². The molecule has 1 aliphatic heterocycles. The second-order valence-corrected chi connectivity index (χ2v) is 5.52. The van der Waals surface area contributed by atoms with Crippen LogP contribution in [0.15, 0.2) is 24.3 Å². The third kappa shape index (κ3) is 3.58. The maximum absolute atomic E-state index is 12.4. The summed E-state index contributed by atoms with van der Waals surface area (Å²) in [6, 6.07) is 5.31. The van der Waals surface area contributed by atoms with Crippen LogP contribution in [0.2, 0.25) is 0 Å². The lowest BCUT2D eigenvalue weighted by Crippen LogP contribution is -2.42. The summed E-state index contributed by atoms with van der Waals surface area (Å²) in [5.41, 5.74) is 0.705. The number of methoxy groups -OCH3 is 4. The molecule has 0 aromatic heterocycles. The van der Waals surface area contributed by atoms with Crippen LogP contribution in [-0.4, -0.2) is 52.4 Å². The molecule has 1 aliphatic rings. The molecule has 8 nitrogen and oxygen atoms in total. The van der Waals surface area contributed by atoms with Gasteiger partial charge in [0, 0.05) is 6.04 Å². The van der Waals surface area contributed by atoms with Gasteiger partial charge in [0.1, 0.15) is 11.8 Å². The maximum Gasteiger partial charge on any atom is 0.323 e. The standard InChI is InChI=1S/C17H21NO7/c1-22-10-7-5-9(6-8-10)13-11(15(19)23-2)12(16(20)24-3)14(18-13)17(21)25-4/h5-8,11-14,18H,1-4H3/t11-,12+,13?,14-/m0/s1. The molecule has 4 atom stereocenters. The van der Waals surface area contributed by atoms with Crippen molar-refractivity contribution in [2.45, 2.75) is 12.1 Å². The fourth-order valence-electron chi connectivity index (χ4n) is 3.11. The molecule has 1 fully saturated rings. The van der Waals surface area contributed by atoms with Crippen molar-refractivity contribution in [1.82, 2.24) is 5.32 Å². The van der Waals surface area contributed by atoms with E-state index in [1.54, 1.807) is 31.4 Å². The van der Waals surface area contributed by atoms with Gasteiger partial charge in [-0.1, -0.05) is 12.1 Å². The summed E-state index contributed by atoms with van der Waals surface area (Å²) >= 11 is 0. The maximum atomic E-state index is 12.4. The van der Waals surface area contributed by atoms with E-state index in [0.717, 1.165) is 0 Å². The van der Waals surface area contributed by atoms with Crippen molar-refractivity contribution in [3.8, 4) is 5.75 Å². The van der Waals surface area contributed by atoms with E-state index in [4.69, 9.17) is 18.9 Å². The van der Waals surface area contributed by atoms with Crippen molar-refractivity contribution in [2.24, 2.45) is 11.8 Å². The van der Waals surface area contributed by atoms with E-state index < -0.39 is 41.8 Å². The number of hydrogen-bond donors (Lipinski definition) is 1. The van der Waals surface area contributed by atoms with Gasteiger partial charge in [0.25, 0.3) is 0 Å². The van der Waals surface area contributed by atoms with Gasteiger partial charge in [-0.3, -0.25) is 19.7 Å². The normalized spacial score (nSPS) is 25.1. The first-order valence-electron chi connectivity index (χ1n) is 7.62. The van der Waals surface area contributed by atoms with Gasteiger partial charge in [0.2, 0.25) is 0 Å². The van der Waals surface area contributed by atoms with E-state index in [0.29, 0.717) is 11.3 Å². The Morgan fingerprint density at radius 1 is 0.800 bits per heavy atom. The number of ether oxygens (including phenoxy) is 4. The Morgan fingerprint density at radius 2 is 1.32 bits per heavy atom.